The van der Waals surface area contributed by atoms with Gasteiger partial charge < -0.3 is 14.9 Å². The summed E-state index contributed by atoms with van der Waals surface area (Å²) in [5.41, 5.74) is 3.90. The van der Waals surface area contributed by atoms with Crippen molar-refractivity contribution in [2.45, 2.75) is 12.8 Å². The Morgan fingerprint density at radius 3 is 2.28 bits per heavy atom. The fraction of sp³-hybridized carbons (Fsp3) is 0.429. The van der Waals surface area contributed by atoms with Crippen LogP contribution in [0.25, 0.3) is 0 Å². The summed E-state index contributed by atoms with van der Waals surface area (Å²) in [5, 5.41) is 10.0. The molecule has 1 fully saturated rings. The van der Waals surface area contributed by atoms with E-state index in [-0.39, 0.29) is 0 Å². The zero-order valence-corrected chi connectivity index (χ0v) is 14.8. The van der Waals surface area contributed by atoms with Crippen LogP contribution in [0, 0.1) is 0 Å². The number of aryl methyl sites for hydroxylation is 1. The first-order valence-electron chi connectivity index (χ1n) is 9.39. The molecular formula is C21H27N3O. The number of anilines is 2. The van der Waals surface area contributed by atoms with Gasteiger partial charge in [0.2, 0.25) is 0 Å². The normalized spacial score (nSPS) is 18.2. The standard InChI is InChI=1S/C21H27N3O/c25-21-10-4-3-9-20(21)24-16-13-22(14-17-24)12-15-23-11-5-7-18-6-1-2-8-19(18)23/h1-4,6,8-10,25H,5,7,11-17H2. The van der Waals surface area contributed by atoms with E-state index in [0.29, 0.717) is 5.75 Å². The lowest BCUT2D eigenvalue weighted by molar-refractivity contribution is 0.261. The quantitative estimate of drug-likeness (QED) is 0.929. The number of phenolic OH excluding ortho intramolecular Hbond substituents is 1. The molecule has 4 heteroatoms. The molecule has 2 aliphatic rings. The van der Waals surface area contributed by atoms with Gasteiger partial charge in [0.1, 0.15) is 5.75 Å². The van der Waals surface area contributed by atoms with Gasteiger partial charge in [-0.1, -0.05) is 30.3 Å². The highest BCUT2D eigenvalue weighted by Gasteiger charge is 2.21. The summed E-state index contributed by atoms with van der Waals surface area (Å²) in [4.78, 5) is 7.39. The largest absolute Gasteiger partial charge is 0.506 e. The Hall–Kier alpha value is -2.20. The SMILES string of the molecule is Oc1ccccc1N1CCN(CCN2CCCc3ccccc32)CC1. The van der Waals surface area contributed by atoms with Crippen LogP contribution in [0.15, 0.2) is 48.5 Å². The maximum atomic E-state index is 10.0. The van der Waals surface area contributed by atoms with Crippen molar-refractivity contribution in [3.8, 4) is 5.75 Å². The monoisotopic (exact) mass is 337 g/mol. The molecule has 0 aliphatic carbocycles. The minimum absolute atomic E-state index is 0.390. The zero-order valence-electron chi connectivity index (χ0n) is 14.8. The number of nitrogens with zero attached hydrogens (tertiary/aromatic N) is 3. The minimum atomic E-state index is 0.390. The summed E-state index contributed by atoms with van der Waals surface area (Å²) >= 11 is 0. The molecule has 0 amide bonds. The summed E-state index contributed by atoms with van der Waals surface area (Å²) in [7, 11) is 0. The molecule has 25 heavy (non-hydrogen) atoms. The van der Waals surface area contributed by atoms with Crippen LogP contribution in [0.3, 0.4) is 0 Å². The van der Waals surface area contributed by atoms with Gasteiger partial charge in [-0.2, -0.15) is 0 Å². The highest BCUT2D eigenvalue weighted by molar-refractivity contribution is 5.58. The Balaban J connectivity index is 1.31. The van der Waals surface area contributed by atoms with Gasteiger partial charge in [0.05, 0.1) is 5.69 Å². The molecule has 2 aliphatic heterocycles. The van der Waals surface area contributed by atoms with Crippen molar-refractivity contribution >= 4 is 11.4 Å². The van der Waals surface area contributed by atoms with Gasteiger partial charge in [-0.3, -0.25) is 4.90 Å². The summed E-state index contributed by atoms with van der Waals surface area (Å²) in [6, 6.07) is 16.5. The maximum absolute atomic E-state index is 10.0. The zero-order chi connectivity index (χ0) is 17.1. The van der Waals surface area contributed by atoms with Crippen LogP contribution in [0.1, 0.15) is 12.0 Å². The number of piperazine rings is 1. The molecule has 0 atom stereocenters. The van der Waals surface area contributed by atoms with Gasteiger partial charge in [0.15, 0.2) is 0 Å². The number of aromatic hydroxyl groups is 1. The molecule has 4 rings (SSSR count). The lowest BCUT2D eigenvalue weighted by Crippen LogP contribution is -2.49. The van der Waals surface area contributed by atoms with E-state index in [1.807, 2.05) is 18.2 Å². The molecule has 4 nitrogen and oxygen atoms in total. The Morgan fingerprint density at radius 1 is 0.760 bits per heavy atom. The van der Waals surface area contributed by atoms with E-state index in [1.54, 1.807) is 6.07 Å². The number of benzene rings is 2. The summed E-state index contributed by atoms with van der Waals surface area (Å²) in [6.45, 7) is 7.47. The molecule has 1 N–H and O–H groups in total. The second-order valence-corrected chi connectivity index (χ2v) is 7.04. The third kappa shape index (κ3) is 3.59. The molecule has 0 unspecified atom stereocenters. The molecule has 2 aromatic carbocycles. The van der Waals surface area contributed by atoms with Gasteiger partial charge in [-0.15, -0.1) is 0 Å². The van der Waals surface area contributed by atoms with Gasteiger partial charge in [0.25, 0.3) is 0 Å². The van der Waals surface area contributed by atoms with E-state index in [0.717, 1.165) is 45.0 Å². The minimum Gasteiger partial charge on any atom is -0.506 e. The molecule has 2 aromatic rings. The molecule has 2 heterocycles. The van der Waals surface area contributed by atoms with Crippen molar-refractivity contribution in [1.29, 1.82) is 0 Å². The van der Waals surface area contributed by atoms with Crippen LogP contribution in [-0.2, 0) is 6.42 Å². The molecule has 0 radical (unpaired) electrons. The van der Waals surface area contributed by atoms with Crippen molar-refractivity contribution in [2.75, 3.05) is 55.6 Å². The first-order chi connectivity index (χ1) is 12.3. The fourth-order valence-corrected chi connectivity index (χ4v) is 4.05. The number of hydrogen-bond acceptors (Lipinski definition) is 4. The number of hydrogen-bond donors (Lipinski definition) is 1. The Morgan fingerprint density at radius 2 is 1.48 bits per heavy atom. The maximum Gasteiger partial charge on any atom is 0.138 e. The Labute approximate surface area is 150 Å². The molecule has 0 bridgehead atoms. The fourth-order valence-electron chi connectivity index (χ4n) is 4.05. The summed E-state index contributed by atoms with van der Waals surface area (Å²) in [5.74, 6) is 0.390. The van der Waals surface area contributed by atoms with E-state index in [1.165, 1.54) is 30.6 Å². The predicted octanol–water partition coefficient (Wildman–Crippen LogP) is 2.97. The van der Waals surface area contributed by atoms with Crippen LogP contribution < -0.4 is 9.80 Å². The second-order valence-electron chi connectivity index (χ2n) is 7.04. The van der Waals surface area contributed by atoms with Gasteiger partial charge in [-0.25, -0.2) is 0 Å². The molecule has 132 valence electrons. The van der Waals surface area contributed by atoms with Crippen LogP contribution in [0.5, 0.6) is 5.75 Å². The summed E-state index contributed by atoms with van der Waals surface area (Å²) < 4.78 is 0. The number of fused-ring (bicyclic) bond motifs is 1. The van der Waals surface area contributed by atoms with E-state index >= 15 is 0 Å². The first kappa shape index (κ1) is 16.3. The third-order valence-corrected chi connectivity index (χ3v) is 5.49. The number of rotatable bonds is 4. The number of phenols is 1. The van der Waals surface area contributed by atoms with Crippen molar-refractivity contribution in [3.63, 3.8) is 0 Å². The molecule has 1 saturated heterocycles. The highest BCUT2D eigenvalue weighted by Crippen LogP contribution is 2.28. The first-order valence-corrected chi connectivity index (χ1v) is 9.39. The van der Waals surface area contributed by atoms with E-state index in [2.05, 4.69) is 39.0 Å². The van der Waals surface area contributed by atoms with Crippen LogP contribution in [0.4, 0.5) is 11.4 Å². The number of para-hydroxylation sites is 3. The van der Waals surface area contributed by atoms with Gasteiger partial charge >= 0.3 is 0 Å². The molecular weight excluding hydrogens is 310 g/mol. The van der Waals surface area contributed by atoms with E-state index in [4.69, 9.17) is 0 Å². The summed E-state index contributed by atoms with van der Waals surface area (Å²) in [6.07, 6.45) is 2.48. The molecule has 0 aromatic heterocycles. The van der Waals surface area contributed by atoms with Gasteiger partial charge in [0, 0.05) is 51.5 Å². The third-order valence-electron chi connectivity index (χ3n) is 5.49. The molecule has 0 saturated carbocycles. The average Bonchev–Trinajstić information content (AvgIpc) is 2.67. The van der Waals surface area contributed by atoms with Gasteiger partial charge in [-0.05, 0) is 36.6 Å². The van der Waals surface area contributed by atoms with Crippen LogP contribution in [0.2, 0.25) is 0 Å². The van der Waals surface area contributed by atoms with E-state index in [9.17, 15) is 5.11 Å². The lowest BCUT2D eigenvalue weighted by Gasteiger charge is -2.38. The Kier molecular flexibility index (Phi) is 4.79. The lowest BCUT2D eigenvalue weighted by atomic mass is 10.0. The average molecular weight is 337 g/mol. The second kappa shape index (κ2) is 7.36. The van der Waals surface area contributed by atoms with Crippen molar-refractivity contribution < 1.29 is 5.11 Å². The van der Waals surface area contributed by atoms with Crippen molar-refractivity contribution in [2.24, 2.45) is 0 Å². The van der Waals surface area contributed by atoms with Crippen LogP contribution in [-0.4, -0.2) is 55.8 Å². The predicted molar refractivity (Wildman–Crippen MR) is 104 cm³/mol. The highest BCUT2D eigenvalue weighted by atomic mass is 16.3. The van der Waals surface area contributed by atoms with Crippen LogP contribution >= 0.6 is 0 Å². The smallest absolute Gasteiger partial charge is 0.138 e. The molecule has 0 spiro atoms. The van der Waals surface area contributed by atoms with Crippen molar-refractivity contribution in [3.05, 3.63) is 54.1 Å². The Bertz CT molecular complexity index is 710. The van der Waals surface area contributed by atoms with E-state index < -0.39 is 0 Å². The topological polar surface area (TPSA) is 30.0 Å². The van der Waals surface area contributed by atoms with Crippen molar-refractivity contribution in [1.82, 2.24) is 4.90 Å².